The number of hydrogen-bond acceptors (Lipinski definition) is 8. The predicted octanol–water partition coefficient (Wildman–Crippen LogP) is 3.81. The Balaban J connectivity index is 1.19. The van der Waals surface area contributed by atoms with E-state index in [-0.39, 0.29) is 55.1 Å². The Kier molecular flexibility index (Phi) is 9.80. The first-order chi connectivity index (χ1) is 20.7. The van der Waals surface area contributed by atoms with Crippen molar-refractivity contribution in [2.24, 2.45) is 0 Å². The second-order valence-corrected chi connectivity index (χ2v) is 9.61. The van der Waals surface area contributed by atoms with Gasteiger partial charge in [0.1, 0.15) is 11.9 Å². The van der Waals surface area contributed by atoms with Crippen molar-refractivity contribution >= 4 is 17.6 Å². The Labute approximate surface area is 245 Å². The molecule has 1 aromatic carbocycles. The summed E-state index contributed by atoms with van der Waals surface area (Å²) in [6.07, 6.45) is -2.92. The lowest BCUT2D eigenvalue weighted by Gasteiger charge is -2.10. The number of ether oxygens (including phenoxy) is 1. The van der Waals surface area contributed by atoms with Crippen LogP contribution in [0.3, 0.4) is 0 Å². The van der Waals surface area contributed by atoms with Gasteiger partial charge in [0.15, 0.2) is 11.5 Å². The molecule has 4 aromatic rings. The number of nitrogens with zero attached hydrogens (tertiary/aromatic N) is 7. The summed E-state index contributed by atoms with van der Waals surface area (Å²) < 4.78 is 84.7. The lowest BCUT2D eigenvalue weighted by Crippen LogP contribution is -2.23. The van der Waals surface area contributed by atoms with Crippen molar-refractivity contribution in [3.8, 4) is 5.75 Å². The van der Waals surface area contributed by atoms with Crippen molar-refractivity contribution < 1.29 is 40.7 Å². The van der Waals surface area contributed by atoms with Crippen LogP contribution in [0.25, 0.3) is 0 Å². The third-order valence-corrected chi connectivity index (χ3v) is 5.89. The summed E-state index contributed by atoms with van der Waals surface area (Å²) in [7, 11) is 0. The highest BCUT2D eigenvalue weighted by Gasteiger charge is 2.31. The number of carbonyl (C=O) groups is 2. The molecule has 0 spiro atoms. The molecule has 0 bridgehead atoms. The van der Waals surface area contributed by atoms with Crippen molar-refractivity contribution in [2.45, 2.75) is 57.9 Å². The second kappa shape index (κ2) is 13.5. The molecule has 18 heteroatoms. The number of amides is 2. The molecule has 12 nitrogen and oxygen atoms in total. The zero-order valence-electron chi connectivity index (χ0n) is 22.9. The zero-order valence-corrected chi connectivity index (χ0v) is 22.9. The van der Waals surface area contributed by atoms with Crippen LogP contribution in [-0.4, -0.2) is 59.3 Å². The molecule has 44 heavy (non-hydrogen) atoms. The van der Waals surface area contributed by atoms with Crippen LogP contribution in [0.15, 0.2) is 55.0 Å². The van der Waals surface area contributed by atoms with Gasteiger partial charge in [0.05, 0.1) is 37.6 Å². The minimum atomic E-state index is -4.86. The van der Waals surface area contributed by atoms with Gasteiger partial charge in [-0.05, 0) is 29.8 Å². The van der Waals surface area contributed by atoms with Crippen LogP contribution in [0, 0.1) is 0 Å². The van der Waals surface area contributed by atoms with Crippen LogP contribution < -0.4 is 15.4 Å². The first-order valence-electron chi connectivity index (χ1n) is 12.9. The van der Waals surface area contributed by atoms with E-state index >= 15 is 0 Å². The van der Waals surface area contributed by atoms with Crippen molar-refractivity contribution in [3.05, 3.63) is 77.5 Å². The molecule has 0 radical (unpaired) electrons. The molecule has 3 aromatic heterocycles. The van der Waals surface area contributed by atoms with Crippen LogP contribution in [-0.2, 0) is 36.8 Å². The van der Waals surface area contributed by atoms with Gasteiger partial charge in [-0.1, -0.05) is 22.6 Å². The SMILES string of the molecule is CC(F)(F)c1ccc(CNC(=O)c2cn(CCC(F)Cn3cc(NC(=O)Cc4cccc(OC(F)(F)F)c4)nn3)nn2)nc1. The molecule has 0 aliphatic heterocycles. The summed E-state index contributed by atoms with van der Waals surface area (Å²) in [6.45, 7) is 0.589. The number of alkyl halides is 6. The number of aromatic nitrogens is 7. The third kappa shape index (κ3) is 9.77. The summed E-state index contributed by atoms with van der Waals surface area (Å²) >= 11 is 0. The van der Waals surface area contributed by atoms with Gasteiger partial charge in [-0.3, -0.25) is 19.3 Å². The van der Waals surface area contributed by atoms with Crippen LogP contribution >= 0.6 is 0 Å². The smallest absolute Gasteiger partial charge is 0.406 e. The van der Waals surface area contributed by atoms with E-state index in [0.717, 1.165) is 25.3 Å². The molecule has 234 valence electrons. The first kappa shape index (κ1) is 31.9. The maximum absolute atomic E-state index is 14.6. The summed E-state index contributed by atoms with van der Waals surface area (Å²) in [4.78, 5) is 28.5. The normalized spacial score (nSPS) is 12.5. The fourth-order valence-corrected chi connectivity index (χ4v) is 3.80. The highest BCUT2D eigenvalue weighted by molar-refractivity contribution is 5.92. The van der Waals surface area contributed by atoms with E-state index < -0.39 is 36.0 Å². The molecule has 0 fully saturated rings. The highest BCUT2D eigenvalue weighted by atomic mass is 19.4. The Hall–Kier alpha value is -5.03. The molecule has 0 saturated heterocycles. The van der Waals surface area contributed by atoms with Gasteiger partial charge in [0.25, 0.3) is 11.8 Å². The first-order valence-corrected chi connectivity index (χ1v) is 12.9. The minimum absolute atomic E-state index is 0.0197. The van der Waals surface area contributed by atoms with Gasteiger partial charge in [-0.15, -0.1) is 23.4 Å². The highest BCUT2D eigenvalue weighted by Crippen LogP contribution is 2.26. The largest absolute Gasteiger partial charge is 0.573 e. The molecule has 0 aliphatic carbocycles. The summed E-state index contributed by atoms with van der Waals surface area (Å²) in [5, 5.41) is 20.0. The van der Waals surface area contributed by atoms with E-state index in [4.69, 9.17) is 0 Å². The summed E-state index contributed by atoms with van der Waals surface area (Å²) in [6, 6.07) is 7.55. The van der Waals surface area contributed by atoms with Crippen LogP contribution in [0.4, 0.5) is 32.2 Å². The lowest BCUT2D eigenvalue weighted by atomic mass is 10.1. The van der Waals surface area contributed by atoms with Gasteiger partial charge in [-0.2, -0.15) is 0 Å². The van der Waals surface area contributed by atoms with E-state index in [2.05, 4.69) is 41.0 Å². The van der Waals surface area contributed by atoms with Gasteiger partial charge >= 0.3 is 6.36 Å². The zero-order chi connectivity index (χ0) is 31.9. The number of pyridine rings is 1. The Morgan fingerprint density at radius 2 is 1.80 bits per heavy atom. The van der Waals surface area contributed by atoms with Crippen molar-refractivity contribution in [3.63, 3.8) is 0 Å². The second-order valence-electron chi connectivity index (χ2n) is 9.61. The van der Waals surface area contributed by atoms with E-state index in [1.165, 1.54) is 46.0 Å². The Morgan fingerprint density at radius 3 is 2.50 bits per heavy atom. The fraction of sp³-hybridized carbons (Fsp3) is 0.346. The quantitative estimate of drug-likeness (QED) is 0.214. The van der Waals surface area contributed by atoms with Gasteiger partial charge in [-0.25, -0.2) is 17.9 Å². The predicted molar refractivity (Wildman–Crippen MR) is 140 cm³/mol. The molecular weight excluding hydrogens is 600 g/mol. The number of carbonyl (C=O) groups excluding carboxylic acids is 2. The number of anilines is 1. The number of aryl methyl sites for hydroxylation is 1. The van der Waals surface area contributed by atoms with E-state index in [0.29, 0.717) is 5.69 Å². The molecule has 2 N–H and O–H groups in total. The third-order valence-electron chi connectivity index (χ3n) is 5.89. The maximum Gasteiger partial charge on any atom is 0.573 e. The number of benzene rings is 1. The number of halogens is 6. The number of nitrogens with one attached hydrogen (secondary N) is 2. The average molecular weight is 626 g/mol. The van der Waals surface area contributed by atoms with Crippen LogP contribution in [0.2, 0.25) is 0 Å². The molecule has 2 amide bonds. The molecule has 3 heterocycles. The maximum atomic E-state index is 14.6. The monoisotopic (exact) mass is 625 g/mol. The van der Waals surface area contributed by atoms with E-state index in [1.807, 2.05) is 0 Å². The minimum Gasteiger partial charge on any atom is -0.406 e. The van der Waals surface area contributed by atoms with Gasteiger partial charge in [0, 0.05) is 31.6 Å². The molecule has 0 aliphatic rings. The molecule has 4 rings (SSSR count). The average Bonchev–Trinajstić information content (AvgIpc) is 3.59. The van der Waals surface area contributed by atoms with E-state index in [9.17, 15) is 35.9 Å². The Morgan fingerprint density at radius 1 is 1.02 bits per heavy atom. The number of hydrogen-bond donors (Lipinski definition) is 2. The summed E-state index contributed by atoms with van der Waals surface area (Å²) in [5.74, 6) is -4.64. The molecule has 1 unspecified atom stereocenters. The summed E-state index contributed by atoms with van der Waals surface area (Å²) in [5.41, 5.74) is 0.342. The van der Waals surface area contributed by atoms with E-state index in [1.54, 1.807) is 0 Å². The number of rotatable bonds is 13. The van der Waals surface area contributed by atoms with Gasteiger partial charge in [0.2, 0.25) is 5.91 Å². The van der Waals surface area contributed by atoms with Crippen molar-refractivity contribution in [2.75, 3.05) is 5.32 Å². The standard InChI is InChI=1S/C26H25F6N9O3/c1-25(28,29)17-5-6-19(33-11-17)12-34-24(43)21-14-40(38-36-21)8-7-18(27)13-41-15-22(37-39-41)35-23(42)10-16-3-2-4-20(9-16)44-26(30,31)32/h2-6,9,11,14-15,18H,7-8,10,12-13H2,1H3,(H,34,43)(H,35,42). The molecular formula is C26H25F6N9O3. The van der Waals surface area contributed by atoms with Crippen molar-refractivity contribution in [1.29, 1.82) is 0 Å². The Bertz CT molecular complexity index is 1570. The lowest BCUT2D eigenvalue weighted by molar-refractivity contribution is -0.274. The van der Waals surface area contributed by atoms with Crippen molar-refractivity contribution in [1.82, 2.24) is 40.3 Å². The topological polar surface area (TPSA) is 142 Å². The van der Waals surface area contributed by atoms with Gasteiger partial charge < -0.3 is 15.4 Å². The van der Waals surface area contributed by atoms with Crippen LogP contribution in [0.1, 0.15) is 40.7 Å². The molecule has 1 atom stereocenters. The molecule has 0 saturated carbocycles. The van der Waals surface area contributed by atoms with Crippen LogP contribution in [0.5, 0.6) is 5.75 Å². The fourth-order valence-electron chi connectivity index (χ4n) is 3.80.